The molecule has 1 aliphatic rings. The van der Waals surface area contributed by atoms with Gasteiger partial charge in [0.15, 0.2) is 0 Å². The van der Waals surface area contributed by atoms with E-state index in [4.69, 9.17) is 14.6 Å². The van der Waals surface area contributed by atoms with Gasteiger partial charge in [-0.05, 0) is 0 Å². The van der Waals surface area contributed by atoms with Gasteiger partial charge in [-0.3, -0.25) is 4.79 Å². The molecule has 1 rings (SSSR count). The molecular weight excluding hydrogens is 228 g/mol. The first-order valence-corrected chi connectivity index (χ1v) is 5.38. The molecule has 2 amide bonds. The summed E-state index contributed by atoms with van der Waals surface area (Å²) in [5.74, 6) is -0.934. The van der Waals surface area contributed by atoms with E-state index in [0.717, 1.165) is 0 Å². The number of nitrogens with one attached hydrogen (secondary N) is 1. The number of aliphatic carboxylic acids is 1. The number of carbonyl (C=O) groups excluding carboxylic acids is 1. The van der Waals surface area contributed by atoms with Gasteiger partial charge in [0.05, 0.1) is 19.5 Å². The van der Waals surface area contributed by atoms with Crippen LogP contribution in [0.25, 0.3) is 0 Å². The fourth-order valence-electron chi connectivity index (χ4n) is 1.75. The van der Waals surface area contributed by atoms with Crippen LogP contribution in [0.1, 0.15) is 6.42 Å². The average Bonchev–Trinajstić information content (AvgIpc) is 2.71. The molecule has 0 saturated carbocycles. The summed E-state index contributed by atoms with van der Waals surface area (Å²) in [5, 5.41) is 11.0. The third-order valence-electron chi connectivity index (χ3n) is 2.72. The Morgan fingerprint density at radius 1 is 1.29 bits per heavy atom. The fraction of sp³-hybridized carbons (Fsp3) is 0.800. The molecule has 17 heavy (non-hydrogen) atoms. The second kappa shape index (κ2) is 6.41. The minimum atomic E-state index is -0.934. The highest BCUT2D eigenvalue weighted by Crippen LogP contribution is 2.15. The predicted molar refractivity (Wildman–Crippen MR) is 58.8 cm³/mol. The molecule has 0 aliphatic carbocycles. The van der Waals surface area contributed by atoms with Crippen molar-refractivity contribution >= 4 is 12.0 Å². The van der Waals surface area contributed by atoms with Crippen LogP contribution in [-0.2, 0) is 14.3 Å². The summed E-state index contributed by atoms with van der Waals surface area (Å²) in [5.41, 5.74) is 0. The Bertz CT molecular complexity index is 272. The Labute approximate surface area is 99.7 Å². The first-order chi connectivity index (χ1) is 8.08. The summed E-state index contributed by atoms with van der Waals surface area (Å²) in [6, 6.07) is -0.284. The summed E-state index contributed by atoms with van der Waals surface area (Å²) in [7, 11) is 3.14. The first kappa shape index (κ1) is 13.7. The smallest absolute Gasteiger partial charge is 0.317 e. The van der Waals surface area contributed by atoms with Crippen LogP contribution in [-0.4, -0.2) is 68.1 Å². The highest BCUT2D eigenvalue weighted by molar-refractivity contribution is 5.75. The number of methoxy groups -OCH3 is 2. The van der Waals surface area contributed by atoms with Crippen molar-refractivity contribution in [3.63, 3.8) is 0 Å². The number of amides is 2. The molecule has 1 saturated heterocycles. The zero-order chi connectivity index (χ0) is 12.8. The van der Waals surface area contributed by atoms with Crippen molar-refractivity contribution in [2.75, 3.05) is 33.9 Å². The molecule has 0 spiro atoms. The first-order valence-electron chi connectivity index (χ1n) is 5.38. The molecule has 1 heterocycles. The summed E-state index contributed by atoms with van der Waals surface area (Å²) in [6.45, 7) is 1.03. The molecule has 2 atom stereocenters. The molecule has 98 valence electrons. The molecule has 7 heteroatoms. The lowest BCUT2D eigenvalue weighted by Gasteiger charge is -2.16. The van der Waals surface area contributed by atoms with Crippen LogP contribution >= 0.6 is 0 Å². The quantitative estimate of drug-likeness (QED) is 0.684. The number of carboxylic acids is 1. The standard InChI is InChI=1S/C10H18N2O5/c1-16-7-5-12(6-8(7)17-2)10(15)11-4-3-9(13)14/h7-8H,3-6H2,1-2H3,(H,11,15)(H,13,14). The van der Waals surface area contributed by atoms with Gasteiger partial charge < -0.3 is 24.8 Å². The highest BCUT2D eigenvalue weighted by atomic mass is 16.5. The Morgan fingerprint density at radius 2 is 1.82 bits per heavy atom. The predicted octanol–water partition coefficient (Wildman–Crippen LogP) is -0.484. The van der Waals surface area contributed by atoms with E-state index in [0.29, 0.717) is 13.1 Å². The lowest BCUT2D eigenvalue weighted by atomic mass is 10.3. The van der Waals surface area contributed by atoms with Crippen LogP contribution in [0.2, 0.25) is 0 Å². The molecule has 1 fully saturated rings. The SMILES string of the molecule is COC1CN(C(=O)NCCC(=O)O)CC1OC. The van der Waals surface area contributed by atoms with E-state index in [-0.39, 0.29) is 31.2 Å². The van der Waals surface area contributed by atoms with Gasteiger partial charge in [-0.25, -0.2) is 4.79 Å². The number of hydrogen-bond acceptors (Lipinski definition) is 4. The van der Waals surface area contributed by atoms with E-state index < -0.39 is 5.97 Å². The number of carbonyl (C=O) groups is 2. The lowest BCUT2D eigenvalue weighted by molar-refractivity contribution is -0.136. The number of rotatable bonds is 5. The highest BCUT2D eigenvalue weighted by Gasteiger charge is 2.35. The zero-order valence-electron chi connectivity index (χ0n) is 10.0. The third kappa shape index (κ3) is 3.86. The van der Waals surface area contributed by atoms with Crippen LogP contribution in [0.4, 0.5) is 4.79 Å². The summed E-state index contributed by atoms with van der Waals surface area (Å²) in [4.78, 5) is 23.5. The Hall–Kier alpha value is -1.34. The second-order valence-corrected chi connectivity index (χ2v) is 3.83. The summed E-state index contributed by atoms with van der Waals surface area (Å²) < 4.78 is 10.4. The fourth-order valence-corrected chi connectivity index (χ4v) is 1.75. The normalized spacial score (nSPS) is 23.8. The van der Waals surface area contributed by atoms with E-state index in [1.807, 2.05) is 0 Å². The van der Waals surface area contributed by atoms with Gasteiger partial charge in [0.1, 0.15) is 12.2 Å². The molecule has 2 N–H and O–H groups in total. The van der Waals surface area contributed by atoms with Crippen molar-refractivity contribution in [3.05, 3.63) is 0 Å². The van der Waals surface area contributed by atoms with Crippen LogP contribution in [0, 0.1) is 0 Å². The Balaban J connectivity index is 2.36. The number of hydrogen-bond donors (Lipinski definition) is 2. The van der Waals surface area contributed by atoms with Crippen molar-refractivity contribution in [2.45, 2.75) is 18.6 Å². The molecule has 2 unspecified atom stereocenters. The van der Waals surface area contributed by atoms with E-state index in [1.165, 1.54) is 0 Å². The van der Waals surface area contributed by atoms with Gasteiger partial charge in [-0.15, -0.1) is 0 Å². The molecule has 0 aromatic heterocycles. The van der Waals surface area contributed by atoms with E-state index in [1.54, 1.807) is 19.1 Å². The summed E-state index contributed by atoms with van der Waals surface area (Å²) >= 11 is 0. The molecule has 1 aliphatic heterocycles. The maximum atomic E-state index is 11.7. The number of urea groups is 1. The second-order valence-electron chi connectivity index (χ2n) is 3.83. The van der Waals surface area contributed by atoms with Crippen molar-refractivity contribution in [2.24, 2.45) is 0 Å². The Morgan fingerprint density at radius 3 is 2.24 bits per heavy atom. The molecular formula is C10H18N2O5. The van der Waals surface area contributed by atoms with Gasteiger partial charge in [-0.1, -0.05) is 0 Å². The van der Waals surface area contributed by atoms with Gasteiger partial charge in [-0.2, -0.15) is 0 Å². The number of likely N-dealkylation sites (tertiary alicyclic amines) is 1. The van der Waals surface area contributed by atoms with Crippen molar-refractivity contribution < 1.29 is 24.2 Å². The van der Waals surface area contributed by atoms with Crippen molar-refractivity contribution in [1.29, 1.82) is 0 Å². The van der Waals surface area contributed by atoms with Crippen LogP contribution in [0.3, 0.4) is 0 Å². The van der Waals surface area contributed by atoms with E-state index in [2.05, 4.69) is 5.32 Å². The molecule has 7 nitrogen and oxygen atoms in total. The van der Waals surface area contributed by atoms with E-state index in [9.17, 15) is 9.59 Å². The van der Waals surface area contributed by atoms with Crippen LogP contribution in [0.15, 0.2) is 0 Å². The van der Waals surface area contributed by atoms with Crippen LogP contribution < -0.4 is 5.32 Å². The minimum Gasteiger partial charge on any atom is -0.481 e. The van der Waals surface area contributed by atoms with Crippen molar-refractivity contribution in [1.82, 2.24) is 10.2 Å². The number of ether oxygens (including phenoxy) is 2. The molecule has 0 bridgehead atoms. The third-order valence-corrected chi connectivity index (χ3v) is 2.72. The topological polar surface area (TPSA) is 88.1 Å². The lowest BCUT2D eigenvalue weighted by Crippen LogP contribution is -2.40. The monoisotopic (exact) mass is 246 g/mol. The summed E-state index contributed by atoms with van der Waals surface area (Å²) in [6.07, 6.45) is -0.350. The van der Waals surface area contributed by atoms with Gasteiger partial charge in [0.2, 0.25) is 0 Å². The average molecular weight is 246 g/mol. The zero-order valence-corrected chi connectivity index (χ0v) is 10.0. The van der Waals surface area contributed by atoms with Gasteiger partial charge in [0.25, 0.3) is 0 Å². The largest absolute Gasteiger partial charge is 0.481 e. The maximum Gasteiger partial charge on any atom is 0.317 e. The van der Waals surface area contributed by atoms with Crippen molar-refractivity contribution in [3.8, 4) is 0 Å². The molecule has 0 aromatic rings. The number of nitrogens with zero attached hydrogens (tertiary/aromatic N) is 1. The van der Waals surface area contributed by atoms with Gasteiger partial charge >= 0.3 is 12.0 Å². The van der Waals surface area contributed by atoms with Crippen LogP contribution in [0.5, 0.6) is 0 Å². The van der Waals surface area contributed by atoms with E-state index >= 15 is 0 Å². The number of carboxylic acid groups (broad SMARTS) is 1. The molecule has 0 aromatic carbocycles. The maximum absolute atomic E-state index is 11.7. The Kier molecular flexibility index (Phi) is 5.17. The molecule has 0 radical (unpaired) electrons. The van der Waals surface area contributed by atoms with Gasteiger partial charge in [0, 0.05) is 20.8 Å². The minimum absolute atomic E-state index is 0.0823.